The minimum absolute atomic E-state index is 0.145. The van der Waals surface area contributed by atoms with E-state index in [9.17, 15) is 17.9 Å². The second kappa shape index (κ2) is 9.15. The molecular weight excluding hydrogens is 433 g/mol. The molecule has 168 valence electrons. The number of benzene rings is 3. The summed E-state index contributed by atoms with van der Waals surface area (Å²) in [6, 6.07) is 18.0. The van der Waals surface area contributed by atoms with Crippen LogP contribution in [0.4, 0.5) is 10.1 Å². The van der Waals surface area contributed by atoms with Crippen LogP contribution in [-0.2, 0) is 16.4 Å². The van der Waals surface area contributed by atoms with Crippen molar-refractivity contribution in [2.75, 3.05) is 24.1 Å². The zero-order valence-corrected chi connectivity index (χ0v) is 18.2. The van der Waals surface area contributed by atoms with Gasteiger partial charge < -0.3 is 14.8 Å². The largest absolute Gasteiger partial charge is 0.492 e. The van der Waals surface area contributed by atoms with Crippen LogP contribution >= 0.6 is 0 Å². The minimum Gasteiger partial charge on any atom is -0.492 e. The molecule has 7 nitrogen and oxygen atoms in total. The number of para-hydroxylation sites is 1. The fraction of sp³-hybridized carbons (Fsp3) is 0.217. The number of aliphatic hydroxyl groups is 1. The van der Waals surface area contributed by atoms with E-state index in [-0.39, 0.29) is 12.1 Å². The molecule has 3 aromatic carbocycles. The van der Waals surface area contributed by atoms with E-state index in [1.807, 2.05) is 36.4 Å². The molecule has 0 fully saturated rings. The van der Waals surface area contributed by atoms with E-state index in [1.165, 1.54) is 18.2 Å². The third kappa shape index (κ3) is 5.37. The van der Waals surface area contributed by atoms with Gasteiger partial charge in [0.05, 0.1) is 17.5 Å². The summed E-state index contributed by atoms with van der Waals surface area (Å²) in [6.07, 6.45) is 0.233. The van der Waals surface area contributed by atoms with Crippen LogP contribution < -0.4 is 14.8 Å². The van der Waals surface area contributed by atoms with Crippen LogP contribution in [0.25, 0.3) is 21.8 Å². The van der Waals surface area contributed by atoms with E-state index in [0.717, 1.165) is 33.8 Å². The Balaban J connectivity index is 1.29. The standard InChI is InChI=1S/C23H24FN3O4S/c1-32(29,30)27-22-12-15(6-9-19(22)24)13-23(28)25-10-11-31-16-7-8-18-17-4-2-3-5-20(17)26-21(18)14-16/h2-9,12,14,23,25-28H,10-11,13H2,1H3. The Morgan fingerprint density at radius 3 is 2.66 bits per heavy atom. The quantitative estimate of drug-likeness (QED) is 0.228. The highest BCUT2D eigenvalue weighted by Gasteiger charge is 2.11. The first kappa shape index (κ1) is 22.1. The van der Waals surface area contributed by atoms with Crippen LogP contribution in [0.2, 0.25) is 0 Å². The first-order valence-electron chi connectivity index (χ1n) is 10.1. The maximum absolute atomic E-state index is 13.8. The van der Waals surface area contributed by atoms with Crippen molar-refractivity contribution >= 4 is 37.5 Å². The Bertz CT molecular complexity index is 1350. The number of H-pyrrole nitrogens is 1. The van der Waals surface area contributed by atoms with Crippen LogP contribution in [0.3, 0.4) is 0 Å². The average Bonchev–Trinajstić information content (AvgIpc) is 3.10. The second-order valence-corrected chi connectivity index (χ2v) is 9.34. The molecule has 4 aromatic rings. The number of rotatable bonds is 9. The summed E-state index contributed by atoms with van der Waals surface area (Å²) in [6.45, 7) is 0.731. The molecule has 32 heavy (non-hydrogen) atoms. The fourth-order valence-electron chi connectivity index (χ4n) is 3.59. The summed E-state index contributed by atoms with van der Waals surface area (Å²) >= 11 is 0. The number of ether oxygens (including phenoxy) is 1. The Morgan fingerprint density at radius 1 is 1.06 bits per heavy atom. The topological polar surface area (TPSA) is 103 Å². The summed E-state index contributed by atoms with van der Waals surface area (Å²) in [7, 11) is -3.60. The first-order valence-corrected chi connectivity index (χ1v) is 12.0. The number of anilines is 1. The Labute approximate surface area is 185 Å². The van der Waals surface area contributed by atoms with Gasteiger partial charge in [-0.15, -0.1) is 0 Å². The highest BCUT2D eigenvalue weighted by molar-refractivity contribution is 7.92. The van der Waals surface area contributed by atoms with E-state index in [2.05, 4.69) is 21.1 Å². The van der Waals surface area contributed by atoms with Crippen LogP contribution in [0.5, 0.6) is 5.75 Å². The number of aromatic amines is 1. The van der Waals surface area contributed by atoms with Crippen LogP contribution in [0.1, 0.15) is 5.56 Å². The lowest BCUT2D eigenvalue weighted by atomic mass is 10.1. The van der Waals surface area contributed by atoms with Gasteiger partial charge in [0.15, 0.2) is 0 Å². The number of hydrogen-bond donors (Lipinski definition) is 4. The van der Waals surface area contributed by atoms with E-state index in [1.54, 1.807) is 0 Å². The molecule has 0 aliphatic carbocycles. The lowest BCUT2D eigenvalue weighted by Crippen LogP contribution is -2.34. The maximum Gasteiger partial charge on any atom is 0.229 e. The third-order valence-corrected chi connectivity index (χ3v) is 5.57. The van der Waals surface area contributed by atoms with Gasteiger partial charge in [-0.2, -0.15) is 0 Å². The van der Waals surface area contributed by atoms with Crippen molar-refractivity contribution in [1.82, 2.24) is 10.3 Å². The molecular formula is C23H24FN3O4S. The smallest absolute Gasteiger partial charge is 0.229 e. The van der Waals surface area contributed by atoms with Crippen molar-refractivity contribution in [3.8, 4) is 5.75 Å². The van der Waals surface area contributed by atoms with E-state index >= 15 is 0 Å². The average molecular weight is 458 g/mol. The normalized spacial score (nSPS) is 12.8. The van der Waals surface area contributed by atoms with Crippen molar-refractivity contribution in [2.24, 2.45) is 0 Å². The number of sulfonamides is 1. The fourth-order valence-corrected chi connectivity index (χ4v) is 4.15. The molecule has 0 radical (unpaired) electrons. The predicted molar refractivity (Wildman–Crippen MR) is 124 cm³/mol. The lowest BCUT2D eigenvalue weighted by molar-refractivity contribution is 0.130. The van der Waals surface area contributed by atoms with Crippen molar-refractivity contribution in [1.29, 1.82) is 0 Å². The molecule has 0 bridgehead atoms. The highest BCUT2D eigenvalue weighted by Crippen LogP contribution is 2.28. The molecule has 0 aliphatic heterocycles. The molecule has 0 amide bonds. The van der Waals surface area contributed by atoms with Gasteiger partial charge in [-0.05, 0) is 35.9 Å². The summed E-state index contributed by atoms with van der Waals surface area (Å²) in [5, 5.41) is 15.4. The number of aromatic nitrogens is 1. The van der Waals surface area contributed by atoms with Gasteiger partial charge >= 0.3 is 0 Å². The minimum atomic E-state index is -3.60. The Kier molecular flexibility index (Phi) is 6.31. The summed E-state index contributed by atoms with van der Waals surface area (Å²) in [4.78, 5) is 3.37. The van der Waals surface area contributed by atoms with Crippen molar-refractivity contribution in [2.45, 2.75) is 12.6 Å². The molecule has 0 saturated heterocycles. The Morgan fingerprint density at radius 2 is 1.84 bits per heavy atom. The van der Waals surface area contributed by atoms with Gasteiger partial charge in [0.1, 0.15) is 24.4 Å². The number of nitrogens with one attached hydrogen (secondary N) is 3. The van der Waals surface area contributed by atoms with Gasteiger partial charge in [-0.3, -0.25) is 10.0 Å². The summed E-state index contributed by atoms with van der Waals surface area (Å²) < 4.78 is 44.4. The van der Waals surface area contributed by atoms with Gasteiger partial charge in [-0.1, -0.05) is 24.3 Å². The number of aliphatic hydroxyl groups excluding tert-OH is 1. The van der Waals surface area contributed by atoms with Crippen LogP contribution in [0, 0.1) is 5.82 Å². The molecule has 4 N–H and O–H groups in total. The molecule has 1 heterocycles. The van der Waals surface area contributed by atoms with Gasteiger partial charge in [0, 0.05) is 35.3 Å². The lowest BCUT2D eigenvalue weighted by Gasteiger charge is -2.14. The number of fused-ring (bicyclic) bond motifs is 3. The van der Waals surface area contributed by atoms with Gasteiger partial charge in [-0.25, -0.2) is 12.8 Å². The van der Waals surface area contributed by atoms with E-state index in [4.69, 9.17) is 4.74 Å². The van der Waals surface area contributed by atoms with E-state index in [0.29, 0.717) is 18.7 Å². The number of halogens is 1. The zero-order chi connectivity index (χ0) is 22.7. The molecule has 0 aliphatic rings. The number of hydrogen-bond acceptors (Lipinski definition) is 5. The second-order valence-electron chi connectivity index (χ2n) is 7.59. The van der Waals surface area contributed by atoms with Crippen molar-refractivity contribution < 1.29 is 22.7 Å². The molecule has 0 saturated carbocycles. The van der Waals surface area contributed by atoms with Crippen molar-refractivity contribution in [3.05, 3.63) is 72.0 Å². The monoisotopic (exact) mass is 457 g/mol. The first-order chi connectivity index (χ1) is 15.3. The highest BCUT2D eigenvalue weighted by atomic mass is 32.2. The molecule has 9 heteroatoms. The predicted octanol–water partition coefficient (Wildman–Crippen LogP) is 3.36. The van der Waals surface area contributed by atoms with Gasteiger partial charge in [0.2, 0.25) is 10.0 Å². The molecule has 1 atom stereocenters. The van der Waals surface area contributed by atoms with Gasteiger partial charge in [0.25, 0.3) is 0 Å². The zero-order valence-electron chi connectivity index (χ0n) is 17.4. The third-order valence-electron chi connectivity index (χ3n) is 4.98. The van der Waals surface area contributed by atoms with Crippen LogP contribution in [-0.4, -0.2) is 44.1 Å². The molecule has 1 aromatic heterocycles. The Hall–Kier alpha value is -3.14. The molecule has 4 rings (SSSR count). The summed E-state index contributed by atoms with van der Waals surface area (Å²) in [5.74, 6) is 0.0392. The SMILES string of the molecule is CS(=O)(=O)Nc1cc(CC(O)NCCOc2ccc3c(c2)[nH]c2ccccc23)ccc1F. The summed E-state index contributed by atoms with van der Waals surface area (Å²) in [5.41, 5.74) is 2.50. The molecule has 0 spiro atoms. The molecule has 1 unspecified atom stereocenters. The van der Waals surface area contributed by atoms with Crippen molar-refractivity contribution in [3.63, 3.8) is 0 Å². The van der Waals surface area contributed by atoms with Crippen LogP contribution in [0.15, 0.2) is 60.7 Å². The maximum atomic E-state index is 13.8. The van der Waals surface area contributed by atoms with E-state index < -0.39 is 22.1 Å².